The van der Waals surface area contributed by atoms with E-state index in [4.69, 9.17) is 11.6 Å². The lowest BCUT2D eigenvalue weighted by molar-refractivity contribution is -0.137. The number of benzene rings is 2. The third-order valence-corrected chi connectivity index (χ3v) is 4.19. The molecule has 1 aliphatic rings. The molecule has 0 spiro atoms. The number of hydrogen-bond acceptors (Lipinski definition) is 1. The van der Waals surface area contributed by atoms with E-state index in [0.717, 1.165) is 5.56 Å². The van der Waals surface area contributed by atoms with Crippen molar-refractivity contribution < 1.29 is 22.4 Å². The van der Waals surface area contributed by atoms with E-state index < -0.39 is 35.1 Å². The molecule has 7 heteroatoms. The lowest BCUT2D eigenvalue weighted by Gasteiger charge is -2.11. The smallest absolute Gasteiger partial charge is 0.323 e. The molecule has 1 fully saturated rings. The third kappa shape index (κ3) is 3.53. The predicted molar refractivity (Wildman–Crippen MR) is 82.3 cm³/mol. The number of halogens is 5. The van der Waals surface area contributed by atoms with Gasteiger partial charge in [-0.05, 0) is 48.2 Å². The van der Waals surface area contributed by atoms with E-state index in [0.29, 0.717) is 29.6 Å². The van der Waals surface area contributed by atoms with E-state index >= 15 is 0 Å². The molecule has 1 amide bonds. The van der Waals surface area contributed by atoms with Crippen LogP contribution in [0.4, 0.5) is 23.2 Å². The zero-order chi connectivity index (χ0) is 17.5. The predicted octanol–water partition coefficient (Wildman–Crippen LogP) is 5.24. The van der Waals surface area contributed by atoms with Gasteiger partial charge in [0, 0.05) is 10.9 Å². The first-order valence-electron chi connectivity index (χ1n) is 7.19. The van der Waals surface area contributed by atoms with Crippen molar-refractivity contribution >= 4 is 23.2 Å². The number of anilines is 1. The highest BCUT2D eigenvalue weighted by Gasteiger charge is 2.44. The second kappa shape index (κ2) is 6.09. The van der Waals surface area contributed by atoms with Crippen LogP contribution >= 0.6 is 11.6 Å². The van der Waals surface area contributed by atoms with Crippen LogP contribution in [0.15, 0.2) is 42.5 Å². The van der Waals surface area contributed by atoms with Gasteiger partial charge >= 0.3 is 6.18 Å². The molecule has 0 aliphatic heterocycles. The lowest BCUT2D eigenvalue weighted by Crippen LogP contribution is -2.16. The minimum Gasteiger partial charge on any atom is -0.323 e. The zero-order valence-corrected chi connectivity index (χ0v) is 13.0. The highest BCUT2D eigenvalue weighted by molar-refractivity contribution is 6.30. The molecule has 1 N–H and O–H groups in total. The molecule has 0 saturated heterocycles. The molecule has 0 bridgehead atoms. The van der Waals surface area contributed by atoms with Gasteiger partial charge in [0.1, 0.15) is 5.82 Å². The molecule has 0 aromatic heterocycles. The maximum atomic E-state index is 13.7. The number of alkyl halides is 3. The van der Waals surface area contributed by atoms with Crippen molar-refractivity contribution in [3.63, 3.8) is 0 Å². The fourth-order valence-electron chi connectivity index (χ4n) is 2.61. The van der Waals surface area contributed by atoms with E-state index in [2.05, 4.69) is 5.32 Å². The summed E-state index contributed by atoms with van der Waals surface area (Å²) < 4.78 is 51.7. The molecule has 1 aliphatic carbocycles. The minimum atomic E-state index is -4.60. The summed E-state index contributed by atoms with van der Waals surface area (Å²) in [5.41, 5.74) is -0.597. The molecule has 24 heavy (non-hydrogen) atoms. The number of amides is 1. The van der Waals surface area contributed by atoms with Crippen molar-refractivity contribution in [3.8, 4) is 0 Å². The van der Waals surface area contributed by atoms with Gasteiger partial charge < -0.3 is 5.32 Å². The Bertz CT molecular complexity index is 790. The Labute approximate surface area is 140 Å². The average molecular weight is 358 g/mol. The maximum Gasteiger partial charge on any atom is 0.416 e. The van der Waals surface area contributed by atoms with Crippen LogP contribution in [0.2, 0.25) is 5.02 Å². The maximum absolute atomic E-state index is 13.7. The van der Waals surface area contributed by atoms with Gasteiger partial charge in [0.2, 0.25) is 5.91 Å². The van der Waals surface area contributed by atoms with E-state index in [1.807, 2.05) is 6.07 Å². The van der Waals surface area contributed by atoms with Crippen LogP contribution in [0.5, 0.6) is 0 Å². The number of hydrogen-bond donors (Lipinski definition) is 1. The average Bonchev–Trinajstić information content (AvgIpc) is 3.29. The van der Waals surface area contributed by atoms with Crippen molar-refractivity contribution in [1.82, 2.24) is 0 Å². The molecule has 1 saturated carbocycles. The molecular formula is C17H12ClF4NO. The fourth-order valence-corrected chi connectivity index (χ4v) is 2.81. The Morgan fingerprint density at radius 2 is 1.92 bits per heavy atom. The van der Waals surface area contributed by atoms with E-state index in [1.165, 1.54) is 0 Å². The van der Waals surface area contributed by atoms with Crippen LogP contribution in [-0.4, -0.2) is 5.91 Å². The summed E-state index contributed by atoms with van der Waals surface area (Å²) in [6.07, 6.45) is -4.05. The van der Waals surface area contributed by atoms with E-state index in [1.54, 1.807) is 18.2 Å². The molecule has 2 aromatic carbocycles. The fraction of sp³-hybridized carbons (Fsp3) is 0.235. The first-order valence-corrected chi connectivity index (χ1v) is 7.56. The molecule has 2 unspecified atom stereocenters. The largest absolute Gasteiger partial charge is 0.416 e. The van der Waals surface area contributed by atoms with Crippen molar-refractivity contribution in [1.29, 1.82) is 0 Å². The van der Waals surface area contributed by atoms with Gasteiger partial charge in [0.25, 0.3) is 0 Å². The van der Waals surface area contributed by atoms with Crippen LogP contribution in [-0.2, 0) is 11.0 Å². The molecule has 0 radical (unpaired) electrons. The van der Waals surface area contributed by atoms with Crippen LogP contribution in [0.3, 0.4) is 0 Å². The van der Waals surface area contributed by atoms with Crippen molar-refractivity contribution in [2.75, 3.05) is 5.32 Å². The van der Waals surface area contributed by atoms with Crippen molar-refractivity contribution in [2.24, 2.45) is 5.92 Å². The van der Waals surface area contributed by atoms with Gasteiger partial charge in [0.15, 0.2) is 0 Å². The number of rotatable bonds is 3. The van der Waals surface area contributed by atoms with Gasteiger partial charge in [-0.25, -0.2) is 4.39 Å². The highest BCUT2D eigenvalue weighted by atomic mass is 35.5. The molecule has 0 heterocycles. The van der Waals surface area contributed by atoms with E-state index in [-0.39, 0.29) is 5.92 Å². The van der Waals surface area contributed by atoms with Crippen LogP contribution in [0.1, 0.15) is 23.5 Å². The Morgan fingerprint density at radius 1 is 1.17 bits per heavy atom. The quantitative estimate of drug-likeness (QED) is 0.748. The minimum absolute atomic E-state index is 0.0578. The van der Waals surface area contributed by atoms with Crippen LogP contribution in [0.25, 0.3) is 0 Å². The summed E-state index contributed by atoms with van der Waals surface area (Å²) >= 11 is 5.90. The number of carbonyl (C=O) groups is 1. The van der Waals surface area contributed by atoms with Crippen LogP contribution < -0.4 is 5.32 Å². The van der Waals surface area contributed by atoms with Gasteiger partial charge in [-0.3, -0.25) is 4.79 Å². The molecule has 2 atom stereocenters. The molecule has 2 aromatic rings. The van der Waals surface area contributed by atoms with Crippen LogP contribution in [0, 0.1) is 11.7 Å². The third-order valence-electron chi connectivity index (χ3n) is 3.96. The molecule has 2 nitrogen and oxygen atoms in total. The Morgan fingerprint density at radius 3 is 2.58 bits per heavy atom. The molecular weight excluding hydrogens is 346 g/mol. The van der Waals surface area contributed by atoms with E-state index in [9.17, 15) is 22.4 Å². The summed E-state index contributed by atoms with van der Waals surface area (Å²) in [5.74, 6) is -1.87. The number of nitrogens with one attached hydrogen (secondary N) is 1. The second-order valence-corrected chi connectivity index (χ2v) is 6.12. The lowest BCUT2D eigenvalue weighted by atomic mass is 10.1. The molecule has 3 rings (SSSR count). The topological polar surface area (TPSA) is 29.1 Å². The molecule has 126 valence electrons. The Hall–Kier alpha value is -2.08. The van der Waals surface area contributed by atoms with Gasteiger partial charge in [-0.15, -0.1) is 0 Å². The zero-order valence-electron chi connectivity index (χ0n) is 12.2. The Kier molecular flexibility index (Phi) is 4.25. The van der Waals surface area contributed by atoms with Gasteiger partial charge in [0.05, 0.1) is 11.3 Å². The van der Waals surface area contributed by atoms with Gasteiger partial charge in [-0.2, -0.15) is 13.2 Å². The highest BCUT2D eigenvalue weighted by Crippen LogP contribution is 2.48. The first kappa shape index (κ1) is 16.8. The normalized spacial score (nSPS) is 19.9. The van der Waals surface area contributed by atoms with Gasteiger partial charge in [-0.1, -0.05) is 23.7 Å². The Balaban J connectivity index is 1.72. The van der Waals surface area contributed by atoms with Crippen molar-refractivity contribution in [2.45, 2.75) is 18.5 Å². The first-order chi connectivity index (χ1) is 11.3. The second-order valence-electron chi connectivity index (χ2n) is 5.69. The summed E-state index contributed by atoms with van der Waals surface area (Å²) in [6.45, 7) is 0. The monoisotopic (exact) mass is 357 g/mol. The summed E-state index contributed by atoms with van der Waals surface area (Å²) in [5, 5.41) is 2.80. The van der Waals surface area contributed by atoms with Crippen molar-refractivity contribution in [3.05, 3.63) is 64.4 Å². The SMILES string of the molecule is O=C(Nc1cc(C(F)(F)F)ccc1F)C1CC1c1cccc(Cl)c1. The standard InChI is InChI=1S/C17H12ClF4NO/c18-11-3-1-2-9(6-11)12-8-13(12)16(24)23-15-7-10(17(20,21)22)4-5-14(15)19/h1-7,12-13H,8H2,(H,23,24). The number of carbonyl (C=O) groups excluding carboxylic acids is 1. The summed E-state index contributed by atoms with van der Waals surface area (Å²) in [4.78, 5) is 12.2. The summed E-state index contributed by atoms with van der Waals surface area (Å²) in [7, 11) is 0. The summed E-state index contributed by atoms with van der Waals surface area (Å²) in [6, 6.07) is 8.97.